The number of piperidine rings is 1. The van der Waals surface area contributed by atoms with Gasteiger partial charge in [0.1, 0.15) is 0 Å². The first kappa shape index (κ1) is 17.0. The lowest BCUT2D eigenvalue weighted by molar-refractivity contribution is -0.129. The van der Waals surface area contributed by atoms with Crippen molar-refractivity contribution in [1.29, 1.82) is 0 Å². The van der Waals surface area contributed by atoms with Gasteiger partial charge < -0.3 is 15.0 Å². The lowest BCUT2D eigenvalue weighted by Gasteiger charge is -2.38. The van der Waals surface area contributed by atoms with Gasteiger partial charge in [-0.1, -0.05) is 0 Å². The Hall–Kier alpha value is -1.35. The van der Waals surface area contributed by atoms with E-state index in [0.717, 1.165) is 6.26 Å². The first-order chi connectivity index (χ1) is 10.3. The van der Waals surface area contributed by atoms with Crippen molar-refractivity contribution in [3.8, 4) is 0 Å². The number of likely N-dealkylation sites (tertiary alicyclic amines) is 1. The molecule has 126 valence electrons. The predicted molar refractivity (Wildman–Crippen MR) is 79.7 cm³/mol. The zero-order valence-electron chi connectivity index (χ0n) is 12.9. The van der Waals surface area contributed by atoms with Crippen molar-refractivity contribution in [2.75, 3.05) is 39.0 Å². The van der Waals surface area contributed by atoms with Crippen LogP contribution in [0.3, 0.4) is 0 Å². The fourth-order valence-electron chi connectivity index (χ4n) is 2.61. The van der Waals surface area contributed by atoms with Crippen LogP contribution in [-0.2, 0) is 19.6 Å². The molecule has 0 atom stereocenters. The number of hydrogen-bond acceptors (Lipinski definition) is 5. The smallest absolute Gasteiger partial charge is 0.409 e. The molecule has 2 aliphatic heterocycles. The first-order valence-corrected chi connectivity index (χ1v) is 9.33. The molecule has 2 rings (SSSR count). The van der Waals surface area contributed by atoms with Gasteiger partial charge in [0.15, 0.2) is 0 Å². The Balaban J connectivity index is 1.71. The molecular weight excluding hydrogens is 310 g/mol. The largest absolute Gasteiger partial charge is 0.450 e. The number of ether oxygens (including phenoxy) is 1. The van der Waals surface area contributed by atoms with Gasteiger partial charge in [-0.15, -0.1) is 0 Å². The average Bonchev–Trinajstić information content (AvgIpc) is 2.36. The van der Waals surface area contributed by atoms with Crippen LogP contribution < -0.4 is 5.32 Å². The molecule has 9 heteroatoms. The van der Waals surface area contributed by atoms with E-state index in [4.69, 9.17) is 4.74 Å². The van der Waals surface area contributed by atoms with Crippen molar-refractivity contribution < 1.29 is 22.7 Å². The summed E-state index contributed by atoms with van der Waals surface area (Å²) in [7, 11) is -3.19. The van der Waals surface area contributed by atoms with Crippen LogP contribution in [0.25, 0.3) is 0 Å². The third-order valence-electron chi connectivity index (χ3n) is 4.06. The molecular formula is C13H23N3O5S. The van der Waals surface area contributed by atoms with E-state index in [0.29, 0.717) is 32.5 Å². The maximum Gasteiger partial charge on any atom is 0.409 e. The summed E-state index contributed by atoms with van der Waals surface area (Å²) in [5, 5.41) is 2.95. The number of carbonyl (C=O) groups excluding carboxylic acids is 2. The third-order valence-corrected chi connectivity index (χ3v) is 5.29. The Morgan fingerprint density at radius 3 is 2.32 bits per heavy atom. The number of hydrogen-bond donors (Lipinski definition) is 1. The standard InChI is InChI=1S/C13H23N3O5S/c1-3-21-13(18)15-6-4-11(5-7-15)14-12(17)10-8-16(9-10)22(2,19)20/h10-11H,3-9H2,1-2H3,(H,14,17). The summed E-state index contributed by atoms with van der Waals surface area (Å²) < 4.78 is 28.8. The minimum absolute atomic E-state index is 0.0328. The molecule has 1 N–H and O–H groups in total. The number of carbonyl (C=O) groups is 2. The van der Waals surface area contributed by atoms with E-state index < -0.39 is 10.0 Å². The zero-order chi connectivity index (χ0) is 16.3. The van der Waals surface area contributed by atoms with Crippen LogP contribution in [0.2, 0.25) is 0 Å². The molecule has 8 nitrogen and oxygen atoms in total. The van der Waals surface area contributed by atoms with Gasteiger partial charge >= 0.3 is 6.09 Å². The SMILES string of the molecule is CCOC(=O)N1CCC(NC(=O)C2CN(S(C)(=O)=O)C2)CC1. The lowest BCUT2D eigenvalue weighted by Crippen LogP contribution is -2.57. The van der Waals surface area contributed by atoms with Crippen LogP contribution in [-0.4, -0.2) is 74.7 Å². The maximum absolute atomic E-state index is 12.0. The van der Waals surface area contributed by atoms with Gasteiger partial charge in [-0.3, -0.25) is 4.79 Å². The topological polar surface area (TPSA) is 96.0 Å². The van der Waals surface area contributed by atoms with Crippen LogP contribution in [0.4, 0.5) is 4.79 Å². The van der Waals surface area contributed by atoms with E-state index in [1.807, 2.05) is 0 Å². The molecule has 2 fully saturated rings. The molecule has 0 bridgehead atoms. The highest BCUT2D eigenvalue weighted by Crippen LogP contribution is 2.20. The van der Waals surface area contributed by atoms with Crippen molar-refractivity contribution in [3.05, 3.63) is 0 Å². The summed E-state index contributed by atoms with van der Waals surface area (Å²) in [5.41, 5.74) is 0. The van der Waals surface area contributed by atoms with E-state index in [-0.39, 0.29) is 37.0 Å². The summed E-state index contributed by atoms with van der Waals surface area (Å²) in [6, 6.07) is 0.0328. The molecule has 2 aliphatic rings. The molecule has 2 amide bonds. The Morgan fingerprint density at radius 1 is 1.23 bits per heavy atom. The summed E-state index contributed by atoms with van der Waals surface area (Å²) in [6.07, 6.45) is 2.21. The second-order valence-electron chi connectivity index (χ2n) is 5.75. The molecule has 22 heavy (non-hydrogen) atoms. The quantitative estimate of drug-likeness (QED) is 0.756. The molecule has 0 radical (unpaired) electrons. The summed E-state index contributed by atoms with van der Waals surface area (Å²) in [5.74, 6) is -0.368. The molecule has 0 saturated carbocycles. The van der Waals surface area contributed by atoms with Crippen LogP contribution in [0.5, 0.6) is 0 Å². The highest BCUT2D eigenvalue weighted by molar-refractivity contribution is 7.88. The van der Waals surface area contributed by atoms with E-state index in [1.54, 1.807) is 11.8 Å². The minimum Gasteiger partial charge on any atom is -0.450 e. The van der Waals surface area contributed by atoms with Gasteiger partial charge in [0.05, 0.1) is 18.8 Å². The molecule has 0 aromatic carbocycles. The predicted octanol–water partition coefficient (Wildman–Crippen LogP) is -0.385. The maximum atomic E-state index is 12.0. The van der Waals surface area contributed by atoms with Gasteiger partial charge in [-0.05, 0) is 19.8 Å². The zero-order valence-corrected chi connectivity index (χ0v) is 13.8. The molecule has 0 aliphatic carbocycles. The monoisotopic (exact) mass is 333 g/mol. The Bertz CT molecular complexity index is 522. The molecule has 0 spiro atoms. The normalized spacial score (nSPS) is 21.3. The summed E-state index contributed by atoms with van der Waals surface area (Å²) in [6.45, 7) is 3.75. The van der Waals surface area contributed by atoms with E-state index >= 15 is 0 Å². The fraction of sp³-hybridized carbons (Fsp3) is 0.846. The minimum atomic E-state index is -3.19. The molecule has 0 unspecified atom stereocenters. The lowest BCUT2D eigenvalue weighted by atomic mass is 10.00. The van der Waals surface area contributed by atoms with E-state index in [1.165, 1.54) is 4.31 Å². The first-order valence-electron chi connectivity index (χ1n) is 7.48. The number of nitrogens with one attached hydrogen (secondary N) is 1. The second kappa shape index (κ2) is 6.82. The van der Waals surface area contributed by atoms with Gasteiger partial charge in [-0.2, -0.15) is 0 Å². The number of rotatable bonds is 4. The summed E-state index contributed by atoms with van der Waals surface area (Å²) in [4.78, 5) is 25.3. The van der Waals surface area contributed by atoms with Gasteiger partial charge in [0, 0.05) is 32.2 Å². The van der Waals surface area contributed by atoms with E-state index in [9.17, 15) is 18.0 Å². The van der Waals surface area contributed by atoms with Crippen LogP contribution in [0.1, 0.15) is 19.8 Å². The Kier molecular flexibility index (Phi) is 5.28. The highest BCUT2D eigenvalue weighted by atomic mass is 32.2. The van der Waals surface area contributed by atoms with Crippen molar-refractivity contribution >= 4 is 22.0 Å². The average molecular weight is 333 g/mol. The fourth-order valence-corrected chi connectivity index (χ4v) is 3.52. The van der Waals surface area contributed by atoms with Crippen molar-refractivity contribution in [1.82, 2.24) is 14.5 Å². The highest BCUT2D eigenvalue weighted by Gasteiger charge is 2.38. The van der Waals surface area contributed by atoms with Gasteiger partial charge in [0.25, 0.3) is 0 Å². The van der Waals surface area contributed by atoms with Gasteiger partial charge in [-0.25, -0.2) is 17.5 Å². The van der Waals surface area contributed by atoms with Crippen LogP contribution >= 0.6 is 0 Å². The summed E-state index contributed by atoms with van der Waals surface area (Å²) >= 11 is 0. The van der Waals surface area contributed by atoms with Crippen molar-refractivity contribution in [3.63, 3.8) is 0 Å². The number of sulfonamides is 1. The third kappa shape index (κ3) is 4.10. The van der Waals surface area contributed by atoms with Gasteiger partial charge in [0.2, 0.25) is 15.9 Å². The second-order valence-corrected chi connectivity index (χ2v) is 7.73. The van der Waals surface area contributed by atoms with E-state index in [2.05, 4.69) is 5.32 Å². The van der Waals surface area contributed by atoms with Crippen LogP contribution in [0, 0.1) is 5.92 Å². The van der Waals surface area contributed by atoms with Crippen molar-refractivity contribution in [2.45, 2.75) is 25.8 Å². The number of amides is 2. The Labute approximate surface area is 130 Å². The molecule has 0 aromatic rings. The van der Waals surface area contributed by atoms with Crippen LogP contribution in [0.15, 0.2) is 0 Å². The molecule has 2 heterocycles. The molecule has 0 aromatic heterocycles. The molecule has 2 saturated heterocycles. The van der Waals surface area contributed by atoms with Crippen molar-refractivity contribution in [2.24, 2.45) is 5.92 Å². The Morgan fingerprint density at radius 2 is 1.82 bits per heavy atom. The number of nitrogens with zero attached hydrogens (tertiary/aromatic N) is 2.